The lowest BCUT2D eigenvalue weighted by Gasteiger charge is -2.21. The van der Waals surface area contributed by atoms with Gasteiger partial charge in [0.05, 0.1) is 12.1 Å². The number of benzene rings is 1. The third-order valence-electron chi connectivity index (χ3n) is 2.19. The number of hydrogen-bond acceptors (Lipinski definition) is 2. The van der Waals surface area contributed by atoms with Crippen molar-refractivity contribution in [3.05, 3.63) is 28.2 Å². The Morgan fingerprint density at radius 2 is 2.17 bits per heavy atom. The van der Waals surface area contributed by atoms with E-state index >= 15 is 0 Å². The van der Waals surface area contributed by atoms with Crippen molar-refractivity contribution in [1.29, 1.82) is 0 Å². The van der Waals surface area contributed by atoms with Gasteiger partial charge in [0.15, 0.2) is 0 Å². The molecule has 1 rings (SSSR count). The first-order valence-electron chi connectivity index (χ1n) is 5.07. The van der Waals surface area contributed by atoms with Crippen LogP contribution in [0.4, 0.5) is 8.78 Å². The van der Waals surface area contributed by atoms with E-state index in [1.165, 1.54) is 12.1 Å². The number of aromatic hydroxyl groups is 1. The minimum Gasteiger partial charge on any atom is -0.507 e. The van der Waals surface area contributed by atoms with Gasteiger partial charge in [-0.25, -0.2) is 8.78 Å². The fourth-order valence-electron chi connectivity index (χ4n) is 1.39. The van der Waals surface area contributed by atoms with Crippen LogP contribution in [0.2, 0.25) is 0 Å². The summed E-state index contributed by atoms with van der Waals surface area (Å²) < 4.78 is 25.3. The second-order valence-corrected chi connectivity index (χ2v) is 4.79. The van der Waals surface area contributed by atoms with Crippen LogP contribution < -0.4 is 0 Å². The summed E-state index contributed by atoms with van der Waals surface area (Å²) in [5, 5.41) is 9.57. The number of phenols is 1. The molecule has 0 saturated heterocycles. The van der Waals surface area contributed by atoms with Crippen LogP contribution in [0, 0.1) is 0 Å². The Labute approximate surface area is 116 Å². The molecule has 0 atom stereocenters. The average Bonchev–Trinajstić information content (AvgIpc) is 2.30. The summed E-state index contributed by atoms with van der Waals surface area (Å²) in [4.78, 5) is 12.9. The Morgan fingerprint density at radius 1 is 1.50 bits per heavy atom. The molecule has 0 radical (unpaired) electrons. The van der Waals surface area contributed by atoms with Gasteiger partial charge in [-0.3, -0.25) is 4.79 Å². The second-order valence-electron chi connectivity index (χ2n) is 3.49. The molecule has 0 unspecified atom stereocenters. The molecule has 0 aliphatic heterocycles. The van der Waals surface area contributed by atoms with E-state index in [0.29, 0.717) is 4.47 Å². The molecule has 1 aromatic rings. The number of carbonyl (C=O) groups excluding carboxylic acids is 1. The first kappa shape index (κ1) is 15.2. The van der Waals surface area contributed by atoms with E-state index in [2.05, 4.69) is 15.9 Å². The van der Waals surface area contributed by atoms with E-state index in [1.54, 1.807) is 6.07 Å². The van der Waals surface area contributed by atoms with Gasteiger partial charge in [0, 0.05) is 16.9 Å². The number of alkyl halides is 3. The molecule has 100 valence electrons. The van der Waals surface area contributed by atoms with E-state index in [-0.39, 0.29) is 23.7 Å². The molecule has 0 aliphatic carbocycles. The van der Waals surface area contributed by atoms with Gasteiger partial charge in [0.1, 0.15) is 5.75 Å². The highest BCUT2D eigenvalue weighted by atomic mass is 79.9. The molecule has 7 heteroatoms. The van der Waals surface area contributed by atoms with Crippen molar-refractivity contribution in [2.24, 2.45) is 0 Å². The Bertz CT molecular complexity index is 432. The normalized spacial score (nSPS) is 10.7. The quantitative estimate of drug-likeness (QED) is 0.835. The van der Waals surface area contributed by atoms with E-state index < -0.39 is 18.9 Å². The number of phenolic OH excluding ortho intramolecular Hbond substituents is 1. The fraction of sp³-hybridized carbons (Fsp3) is 0.364. The molecule has 3 nitrogen and oxygen atoms in total. The number of nitrogens with zero attached hydrogens (tertiary/aromatic N) is 1. The van der Waals surface area contributed by atoms with Gasteiger partial charge in [-0.05, 0) is 18.2 Å². The smallest absolute Gasteiger partial charge is 0.257 e. The van der Waals surface area contributed by atoms with Gasteiger partial charge in [0.2, 0.25) is 0 Å². The summed E-state index contributed by atoms with van der Waals surface area (Å²) in [7, 11) is 0. The SMILES string of the molecule is O=C(c1cc(Br)ccc1O)N(CCCl)CC(F)F. The largest absolute Gasteiger partial charge is 0.507 e. The van der Waals surface area contributed by atoms with E-state index in [4.69, 9.17) is 11.6 Å². The fourth-order valence-corrected chi connectivity index (χ4v) is 1.96. The van der Waals surface area contributed by atoms with Crippen LogP contribution in [-0.2, 0) is 0 Å². The Morgan fingerprint density at radius 3 is 2.72 bits per heavy atom. The van der Waals surface area contributed by atoms with Crippen molar-refractivity contribution in [2.45, 2.75) is 6.43 Å². The zero-order chi connectivity index (χ0) is 13.7. The molecule has 0 saturated carbocycles. The summed E-state index contributed by atoms with van der Waals surface area (Å²) in [6.07, 6.45) is -2.65. The predicted molar refractivity (Wildman–Crippen MR) is 68.4 cm³/mol. The lowest BCUT2D eigenvalue weighted by Crippen LogP contribution is -2.36. The van der Waals surface area contributed by atoms with Crippen molar-refractivity contribution >= 4 is 33.4 Å². The van der Waals surface area contributed by atoms with Crippen molar-refractivity contribution in [2.75, 3.05) is 19.0 Å². The third-order valence-corrected chi connectivity index (χ3v) is 2.85. The van der Waals surface area contributed by atoms with Crippen molar-refractivity contribution < 1.29 is 18.7 Å². The molecule has 0 aliphatic rings. The molecule has 0 heterocycles. The first-order valence-corrected chi connectivity index (χ1v) is 6.40. The maximum absolute atomic E-state index is 12.4. The minimum atomic E-state index is -2.65. The highest BCUT2D eigenvalue weighted by Gasteiger charge is 2.21. The van der Waals surface area contributed by atoms with Crippen molar-refractivity contribution in [3.63, 3.8) is 0 Å². The van der Waals surface area contributed by atoms with Crippen LogP contribution in [0.15, 0.2) is 22.7 Å². The molecule has 0 fully saturated rings. The maximum atomic E-state index is 12.4. The lowest BCUT2D eigenvalue weighted by molar-refractivity contribution is 0.0568. The Hall–Kier alpha value is -0.880. The zero-order valence-electron chi connectivity index (χ0n) is 9.25. The molecule has 1 N–H and O–H groups in total. The van der Waals surface area contributed by atoms with Crippen LogP contribution in [0.1, 0.15) is 10.4 Å². The highest BCUT2D eigenvalue weighted by Crippen LogP contribution is 2.23. The van der Waals surface area contributed by atoms with Gasteiger partial charge in [-0.1, -0.05) is 15.9 Å². The number of amides is 1. The van der Waals surface area contributed by atoms with Gasteiger partial charge in [-0.15, -0.1) is 11.6 Å². The minimum absolute atomic E-state index is 0.00329. The van der Waals surface area contributed by atoms with Gasteiger partial charge in [0.25, 0.3) is 12.3 Å². The molecule has 0 spiro atoms. The van der Waals surface area contributed by atoms with Gasteiger partial charge >= 0.3 is 0 Å². The Kier molecular flexibility index (Phi) is 5.81. The standard InChI is InChI=1S/C11H11BrClF2NO2/c12-7-1-2-9(17)8(5-7)11(18)16(4-3-13)6-10(14)15/h1-2,5,10,17H,3-4,6H2. The van der Waals surface area contributed by atoms with Crippen LogP contribution in [-0.4, -0.2) is 41.3 Å². The van der Waals surface area contributed by atoms with Crippen LogP contribution in [0.3, 0.4) is 0 Å². The topological polar surface area (TPSA) is 40.5 Å². The number of hydrogen-bond donors (Lipinski definition) is 1. The predicted octanol–water partition coefficient (Wildman–Crippen LogP) is 3.10. The van der Waals surface area contributed by atoms with Crippen LogP contribution in [0.5, 0.6) is 5.75 Å². The zero-order valence-corrected chi connectivity index (χ0v) is 11.6. The number of rotatable bonds is 5. The lowest BCUT2D eigenvalue weighted by atomic mass is 10.1. The molecule has 1 aromatic carbocycles. The third kappa shape index (κ3) is 4.10. The number of halogens is 4. The van der Waals surface area contributed by atoms with Crippen molar-refractivity contribution in [3.8, 4) is 5.75 Å². The highest BCUT2D eigenvalue weighted by molar-refractivity contribution is 9.10. The first-order chi connectivity index (χ1) is 8.45. The molecule has 0 bridgehead atoms. The van der Waals surface area contributed by atoms with Crippen molar-refractivity contribution in [1.82, 2.24) is 4.90 Å². The summed E-state index contributed by atoms with van der Waals surface area (Å²) in [5.41, 5.74) is -0.0323. The summed E-state index contributed by atoms with van der Waals surface area (Å²) >= 11 is 8.62. The monoisotopic (exact) mass is 341 g/mol. The van der Waals surface area contributed by atoms with Gasteiger partial charge < -0.3 is 10.0 Å². The van der Waals surface area contributed by atoms with Crippen LogP contribution in [0.25, 0.3) is 0 Å². The summed E-state index contributed by atoms with van der Waals surface area (Å²) in [6, 6.07) is 4.24. The van der Waals surface area contributed by atoms with Gasteiger partial charge in [-0.2, -0.15) is 0 Å². The summed E-state index contributed by atoms with van der Waals surface area (Å²) in [6.45, 7) is -0.714. The molecule has 18 heavy (non-hydrogen) atoms. The molecule has 0 aromatic heterocycles. The van der Waals surface area contributed by atoms with E-state index in [0.717, 1.165) is 4.90 Å². The summed E-state index contributed by atoms with van der Waals surface area (Å²) in [5.74, 6) is -0.875. The maximum Gasteiger partial charge on any atom is 0.257 e. The molecule has 1 amide bonds. The van der Waals surface area contributed by atoms with Crippen LogP contribution >= 0.6 is 27.5 Å². The van der Waals surface area contributed by atoms with E-state index in [1.807, 2.05) is 0 Å². The average molecular weight is 343 g/mol. The second kappa shape index (κ2) is 6.89. The molecular formula is C11H11BrClF2NO2. The Balaban J connectivity index is 2.97. The molecular weight excluding hydrogens is 331 g/mol. The van der Waals surface area contributed by atoms with E-state index in [9.17, 15) is 18.7 Å². The number of carbonyl (C=O) groups is 1.